The second kappa shape index (κ2) is 4.94. The van der Waals surface area contributed by atoms with Gasteiger partial charge in [-0.05, 0) is 19.4 Å². The summed E-state index contributed by atoms with van der Waals surface area (Å²) in [5, 5.41) is 9.36. The molecule has 1 N–H and O–H groups in total. The maximum atomic E-state index is 11.3. The monoisotopic (exact) mass is 208 g/mol. The summed E-state index contributed by atoms with van der Waals surface area (Å²) in [6, 6.07) is 9.37. The molecule has 0 radical (unpaired) electrons. The van der Waals surface area contributed by atoms with Gasteiger partial charge in [0.15, 0.2) is 0 Å². The van der Waals surface area contributed by atoms with Crippen LogP contribution in [0.2, 0.25) is 0 Å². The third-order valence-corrected chi connectivity index (χ3v) is 1.78. The lowest BCUT2D eigenvalue weighted by Crippen LogP contribution is -2.28. The zero-order valence-corrected chi connectivity index (χ0v) is 9.06. The molecule has 0 heterocycles. The van der Waals surface area contributed by atoms with Gasteiger partial charge in [0.25, 0.3) is 0 Å². The molecule has 82 valence electrons. The predicted octanol–water partition coefficient (Wildman–Crippen LogP) is 1.54. The van der Waals surface area contributed by atoms with E-state index in [1.165, 1.54) is 0 Å². The van der Waals surface area contributed by atoms with E-state index in [1.54, 1.807) is 13.8 Å². The first-order chi connectivity index (χ1) is 6.97. The highest BCUT2D eigenvalue weighted by molar-refractivity contribution is 5.72. The van der Waals surface area contributed by atoms with Crippen LogP contribution >= 0.6 is 0 Å². The molecule has 0 saturated heterocycles. The maximum Gasteiger partial charge on any atom is 0.310 e. The summed E-state index contributed by atoms with van der Waals surface area (Å²) in [7, 11) is 0. The first-order valence-corrected chi connectivity index (χ1v) is 4.89. The van der Waals surface area contributed by atoms with E-state index in [-0.39, 0.29) is 19.0 Å². The summed E-state index contributed by atoms with van der Waals surface area (Å²) in [5.41, 5.74) is -0.0509. The molecule has 0 unspecified atom stereocenters. The standard InChI is InChI=1S/C12H16O3/c1-12(2,14)9-15-11(13)8-10-6-4-3-5-7-10/h3-7,14H,8-9H2,1-2H3. The van der Waals surface area contributed by atoms with Crippen molar-refractivity contribution >= 4 is 5.97 Å². The molecular formula is C12H16O3. The molecule has 1 aromatic rings. The topological polar surface area (TPSA) is 46.5 Å². The van der Waals surface area contributed by atoms with Gasteiger partial charge in [0.05, 0.1) is 12.0 Å². The van der Waals surface area contributed by atoms with E-state index in [4.69, 9.17) is 4.74 Å². The predicted molar refractivity (Wildman–Crippen MR) is 57.4 cm³/mol. The fourth-order valence-electron chi connectivity index (χ4n) is 1.07. The van der Waals surface area contributed by atoms with Gasteiger partial charge in [-0.1, -0.05) is 30.3 Å². The number of esters is 1. The van der Waals surface area contributed by atoms with Gasteiger partial charge < -0.3 is 9.84 Å². The number of rotatable bonds is 4. The minimum atomic E-state index is -0.966. The zero-order valence-electron chi connectivity index (χ0n) is 9.06. The highest BCUT2D eigenvalue weighted by Gasteiger charge is 2.15. The van der Waals surface area contributed by atoms with Crippen molar-refractivity contribution in [2.75, 3.05) is 6.61 Å². The van der Waals surface area contributed by atoms with Gasteiger partial charge in [-0.25, -0.2) is 0 Å². The molecule has 0 bridgehead atoms. The van der Waals surface area contributed by atoms with Crippen LogP contribution in [-0.2, 0) is 16.0 Å². The number of hydrogen-bond donors (Lipinski definition) is 1. The van der Waals surface area contributed by atoms with Gasteiger partial charge in [0.2, 0.25) is 0 Å². The molecule has 0 aliphatic carbocycles. The Morgan fingerprint density at radius 2 is 1.93 bits per heavy atom. The van der Waals surface area contributed by atoms with E-state index in [2.05, 4.69) is 0 Å². The van der Waals surface area contributed by atoms with Crippen LogP contribution in [0.4, 0.5) is 0 Å². The van der Waals surface area contributed by atoms with Crippen LogP contribution in [0.25, 0.3) is 0 Å². The summed E-state index contributed by atoms with van der Waals surface area (Å²) >= 11 is 0. The van der Waals surface area contributed by atoms with E-state index in [0.29, 0.717) is 0 Å². The van der Waals surface area contributed by atoms with Crippen molar-refractivity contribution in [1.82, 2.24) is 0 Å². The van der Waals surface area contributed by atoms with Crippen LogP contribution in [0, 0.1) is 0 Å². The molecule has 0 aliphatic heterocycles. The van der Waals surface area contributed by atoms with Crippen molar-refractivity contribution in [3.8, 4) is 0 Å². The molecule has 3 heteroatoms. The highest BCUT2D eigenvalue weighted by Crippen LogP contribution is 2.04. The fourth-order valence-corrected chi connectivity index (χ4v) is 1.07. The number of carbonyl (C=O) groups excluding carboxylic acids is 1. The summed E-state index contributed by atoms with van der Waals surface area (Å²) < 4.78 is 4.92. The van der Waals surface area contributed by atoms with Crippen LogP contribution in [-0.4, -0.2) is 23.3 Å². The lowest BCUT2D eigenvalue weighted by Gasteiger charge is -2.16. The first kappa shape index (κ1) is 11.7. The average molecular weight is 208 g/mol. The number of aliphatic hydroxyl groups is 1. The Bertz CT molecular complexity index is 311. The molecule has 0 saturated carbocycles. The van der Waals surface area contributed by atoms with Crippen molar-refractivity contribution in [3.63, 3.8) is 0 Å². The Morgan fingerprint density at radius 1 is 1.33 bits per heavy atom. The molecule has 0 atom stereocenters. The second-order valence-electron chi connectivity index (χ2n) is 4.14. The van der Waals surface area contributed by atoms with E-state index in [1.807, 2.05) is 30.3 Å². The summed E-state index contributed by atoms with van der Waals surface area (Å²) in [5.74, 6) is -0.316. The average Bonchev–Trinajstić information content (AvgIpc) is 2.15. The van der Waals surface area contributed by atoms with E-state index in [0.717, 1.165) is 5.56 Å². The van der Waals surface area contributed by atoms with E-state index < -0.39 is 5.60 Å². The summed E-state index contributed by atoms with van der Waals surface area (Å²) in [6.07, 6.45) is 0.247. The van der Waals surface area contributed by atoms with Crippen LogP contribution in [0.1, 0.15) is 19.4 Å². The Kier molecular flexibility index (Phi) is 3.86. The third-order valence-electron chi connectivity index (χ3n) is 1.78. The molecular weight excluding hydrogens is 192 g/mol. The molecule has 0 amide bonds. The number of ether oxygens (including phenoxy) is 1. The van der Waals surface area contributed by atoms with Gasteiger partial charge in [0.1, 0.15) is 6.61 Å². The van der Waals surface area contributed by atoms with E-state index in [9.17, 15) is 9.90 Å². The van der Waals surface area contributed by atoms with Crippen molar-refractivity contribution in [1.29, 1.82) is 0 Å². The smallest absolute Gasteiger partial charge is 0.310 e. The van der Waals surface area contributed by atoms with Crippen LogP contribution < -0.4 is 0 Å². The van der Waals surface area contributed by atoms with Crippen molar-refractivity contribution in [3.05, 3.63) is 35.9 Å². The summed E-state index contributed by atoms with van der Waals surface area (Å²) in [4.78, 5) is 11.3. The summed E-state index contributed by atoms with van der Waals surface area (Å²) in [6.45, 7) is 3.23. The molecule has 0 aromatic heterocycles. The van der Waals surface area contributed by atoms with Gasteiger partial charge in [-0.15, -0.1) is 0 Å². The Hall–Kier alpha value is -1.35. The third kappa shape index (κ3) is 5.18. The van der Waals surface area contributed by atoms with Crippen LogP contribution in [0.15, 0.2) is 30.3 Å². The van der Waals surface area contributed by atoms with E-state index >= 15 is 0 Å². The van der Waals surface area contributed by atoms with Gasteiger partial charge in [-0.2, -0.15) is 0 Å². The molecule has 1 rings (SSSR count). The lowest BCUT2D eigenvalue weighted by molar-refractivity contribution is -0.149. The molecule has 0 fully saturated rings. The largest absolute Gasteiger partial charge is 0.462 e. The van der Waals surface area contributed by atoms with Gasteiger partial charge >= 0.3 is 5.97 Å². The van der Waals surface area contributed by atoms with Gasteiger partial charge in [0, 0.05) is 0 Å². The Labute approximate surface area is 89.7 Å². The minimum absolute atomic E-state index is 0.0265. The lowest BCUT2D eigenvalue weighted by atomic mass is 10.1. The Balaban J connectivity index is 2.38. The SMILES string of the molecule is CC(C)(O)COC(=O)Cc1ccccc1. The van der Waals surface area contributed by atoms with Crippen molar-refractivity contribution < 1.29 is 14.6 Å². The Morgan fingerprint density at radius 3 is 2.47 bits per heavy atom. The van der Waals surface area contributed by atoms with Crippen molar-refractivity contribution in [2.45, 2.75) is 25.9 Å². The van der Waals surface area contributed by atoms with Crippen LogP contribution in [0.5, 0.6) is 0 Å². The maximum absolute atomic E-state index is 11.3. The first-order valence-electron chi connectivity index (χ1n) is 4.89. The number of carbonyl (C=O) groups is 1. The minimum Gasteiger partial charge on any atom is -0.462 e. The van der Waals surface area contributed by atoms with Gasteiger partial charge in [-0.3, -0.25) is 4.79 Å². The highest BCUT2D eigenvalue weighted by atomic mass is 16.5. The molecule has 15 heavy (non-hydrogen) atoms. The molecule has 1 aromatic carbocycles. The van der Waals surface area contributed by atoms with Crippen molar-refractivity contribution in [2.24, 2.45) is 0 Å². The zero-order chi connectivity index (χ0) is 11.3. The molecule has 0 aliphatic rings. The molecule has 0 spiro atoms. The normalized spacial score (nSPS) is 11.1. The second-order valence-corrected chi connectivity index (χ2v) is 4.14. The number of hydrogen-bond acceptors (Lipinski definition) is 3. The quantitative estimate of drug-likeness (QED) is 0.763. The van der Waals surface area contributed by atoms with Crippen LogP contribution in [0.3, 0.4) is 0 Å². The number of benzene rings is 1. The molecule has 3 nitrogen and oxygen atoms in total. The fraction of sp³-hybridized carbons (Fsp3) is 0.417.